The summed E-state index contributed by atoms with van der Waals surface area (Å²) in [7, 11) is 4.60. The van der Waals surface area contributed by atoms with Crippen molar-refractivity contribution in [1.29, 1.82) is 0 Å². The molecule has 2 aromatic carbocycles. The lowest BCUT2D eigenvalue weighted by Gasteiger charge is -2.27. The summed E-state index contributed by atoms with van der Waals surface area (Å²) in [5.74, 6) is 0.784. The Morgan fingerprint density at radius 3 is 2.10 bits per heavy atom. The Hall–Kier alpha value is -3.22. The molecule has 0 atom stereocenters. The van der Waals surface area contributed by atoms with Crippen molar-refractivity contribution in [2.45, 2.75) is 37.6 Å². The Morgan fingerprint density at radius 2 is 1.55 bits per heavy atom. The van der Waals surface area contributed by atoms with Gasteiger partial charge in [-0.1, -0.05) is 43.2 Å². The summed E-state index contributed by atoms with van der Waals surface area (Å²) in [6, 6.07) is 13.2. The van der Waals surface area contributed by atoms with Crippen molar-refractivity contribution >= 4 is 11.9 Å². The smallest absolute Gasteiger partial charge is 0.317 e. The topological polar surface area (TPSA) is 83.1 Å². The summed E-state index contributed by atoms with van der Waals surface area (Å²) < 4.78 is 21.4. The van der Waals surface area contributed by atoms with Gasteiger partial charge in [0.25, 0.3) is 5.91 Å². The first-order chi connectivity index (χ1) is 15.0. The van der Waals surface area contributed by atoms with Crippen molar-refractivity contribution in [2.24, 2.45) is 0 Å². The molecule has 1 aliphatic carbocycles. The molecule has 0 aromatic heterocycles. The van der Waals surface area contributed by atoms with E-state index >= 15 is 0 Å². The highest BCUT2D eigenvalue weighted by Crippen LogP contribution is 2.42. The zero-order chi connectivity index (χ0) is 22.3. The molecular formula is C24H29NO6. The van der Waals surface area contributed by atoms with Gasteiger partial charge in [0.1, 0.15) is 0 Å². The van der Waals surface area contributed by atoms with Gasteiger partial charge >= 0.3 is 5.97 Å². The molecule has 7 nitrogen and oxygen atoms in total. The average molecular weight is 427 g/mol. The second kappa shape index (κ2) is 10.2. The van der Waals surface area contributed by atoms with E-state index in [4.69, 9.17) is 18.9 Å². The third-order valence-corrected chi connectivity index (χ3v) is 5.72. The number of hydrogen-bond acceptors (Lipinski definition) is 6. The molecule has 1 aliphatic rings. The van der Waals surface area contributed by atoms with Gasteiger partial charge in [-0.15, -0.1) is 0 Å². The molecule has 0 heterocycles. The number of ether oxygens (including phenoxy) is 4. The fraction of sp³-hybridized carbons (Fsp3) is 0.417. The highest BCUT2D eigenvalue weighted by atomic mass is 16.5. The van der Waals surface area contributed by atoms with Crippen LogP contribution in [0.25, 0.3) is 0 Å². The second-order valence-corrected chi connectivity index (χ2v) is 7.54. The minimum absolute atomic E-state index is 0.233. The number of esters is 1. The van der Waals surface area contributed by atoms with E-state index in [9.17, 15) is 9.59 Å². The Bertz CT molecular complexity index is 881. The summed E-state index contributed by atoms with van der Waals surface area (Å²) in [6.45, 7) is -0.0885. The molecule has 31 heavy (non-hydrogen) atoms. The first-order valence-electron chi connectivity index (χ1n) is 10.3. The van der Waals surface area contributed by atoms with Crippen LogP contribution in [0.15, 0.2) is 42.5 Å². The highest BCUT2D eigenvalue weighted by molar-refractivity contribution is 5.86. The molecule has 1 amide bonds. The van der Waals surface area contributed by atoms with E-state index in [-0.39, 0.29) is 25.0 Å². The van der Waals surface area contributed by atoms with Gasteiger partial charge in [-0.2, -0.15) is 0 Å². The fourth-order valence-corrected chi connectivity index (χ4v) is 4.10. The average Bonchev–Trinajstić information content (AvgIpc) is 3.32. The summed E-state index contributed by atoms with van der Waals surface area (Å²) in [5, 5.41) is 2.77. The number of methoxy groups -OCH3 is 3. The molecule has 0 bridgehead atoms. The minimum Gasteiger partial charge on any atom is -0.493 e. The Morgan fingerprint density at radius 1 is 0.935 bits per heavy atom. The minimum atomic E-state index is -0.655. The number of carbonyl (C=O) groups is 2. The van der Waals surface area contributed by atoms with Gasteiger partial charge in [0.2, 0.25) is 5.75 Å². The van der Waals surface area contributed by atoms with E-state index < -0.39 is 5.41 Å². The van der Waals surface area contributed by atoms with Gasteiger partial charge in [-0.25, -0.2) is 0 Å². The summed E-state index contributed by atoms with van der Waals surface area (Å²) in [5.41, 5.74) is 1.07. The van der Waals surface area contributed by atoms with Crippen LogP contribution < -0.4 is 19.5 Å². The van der Waals surface area contributed by atoms with Gasteiger partial charge in [0.15, 0.2) is 18.1 Å². The SMILES string of the molecule is COc1cc(CNC(=O)COC(=O)C2(c3ccccc3)CCCC2)cc(OC)c1OC. The van der Waals surface area contributed by atoms with Crippen LogP contribution in [0.3, 0.4) is 0 Å². The van der Waals surface area contributed by atoms with Crippen molar-refractivity contribution in [3.8, 4) is 17.2 Å². The maximum atomic E-state index is 12.9. The normalized spacial score (nSPS) is 14.5. The molecule has 1 saturated carbocycles. The zero-order valence-corrected chi connectivity index (χ0v) is 18.2. The third kappa shape index (κ3) is 4.93. The van der Waals surface area contributed by atoms with Crippen LogP contribution in [0.1, 0.15) is 36.8 Å². The fourth-order valence-electron chi connectivity index (χ4n) is 4.10. The maximum Gasteiger partial charge on any atom is 0.317 e. The number of benzene rings is 2. The number of carbonyl (C=O) groups excluding carboxylic acids is 2. The third-order valence-electron chi connectivity index (χ3n) is 5.72. The first kappa shape index (κ1) is 22.5. The van der Waals surface area contributed by atoms with Crippen LogP contribution in [0.5, 0.6) is 17.2 Å². The van der Waals surface area contributed by atoms with Gasteiger partial charge < -0.3 is 24.3 Å². The largest absolute Gasteiger partial charge is 0.493 e. The molecule has 0 spiro atoms. The van der Waals surface area contributed by atoms with E-state index in [1.807, 2.05) is 30.3 Å². The molecule has 0 aliphatic heterocycles. The van der Waals surface area contributed by atoms with E-state index in [0.717, 1.165) is 36.8 Å². The molecule has 0 radical (unpaired) electrons. The van der Waals surface area contributed by atoms with Crippen molar-refractivity contribution in [3.05, 3.63) is 53.6 Å². The summed E-state index contributed by atoms with van der Waals surface area (Å²) >= 11 is 0. The monoisotopic (exact) mass is 427 g/mol. The van der Waals surface area contributed by atoms with Crippen LogP contribution in [-0.4, -0.2) is 39.8 Å². The molecule has 2 aromatic rings. The van der Waals surface area contributed by atoms with Crippen molar-refractivity contribution in [2.75, 3.05) is 27.9 Å². The predicted molar refractivity (Wildman–Crippen MR) is 115 cm³/mol. The molecule has 1 N–H and O–H groups in total. The molecule has 7 heteroatoms. The van der Waals surface area contributed by atoms with Crippen molar-refractivity contribution in [1.82, 2.24) is 5.32 Å². The summed E-state index contributed by atoms with van der Waals surface area (Å²) in [6.07, 6.45) is 3.42. The van der Waals surface area contributed by atoms with Crippen LogP contribution in [-0.2, 0) is 26.3 Å². The summed E-state index contributed by atoms with van der Waals surface area (Å²) in [4.78, 5) is 25.3. The Balaban J connectivity index is 1.60. The lowest BCUT2D eigenvalue weighted by atomic mass is 9.79. The molecule has 3 rings (SSSR count). The predicted octanol–water partition coefficient (Wildman–Crippen LogP) is 3.38. The maximum absolute atomic E-state index is 12.9. The zero-order valence-electron chi connectivity index (χ0n) is 18.2. The number of amides is 1. The van der Waals surface area contributed by atoms with Crippen molar-refractivity contribution < 1.29 is 28.5 Å². The quantitative estimate of drug-likeness (QED) is 0.618. The highest BCUT2D eigenvalue weighted by Gasteiger charge is 2.44. The van der Waals surface area contributed by atoms with Crippen LogP contribution in [0.2, 0.25) is 0 Å². The van der Waals surface area contributed by atoms with Crippen LogP contribution >= 0.6 is 0 Å². The van der Waals surface area contributed by atoms with Gasteiger partial charge in [-0.05, 0) is 36.1 Å². The van der Waals surface area contributed by atoms with Gasteiger partial charge in [0, 0.05) is 6.54 Å². The van der Waals surface area contributed by atoms with Crippen molar-refractivity contribution in [3.63, 3.8) is 0 Å². The standard InChI is InChI=1S/C24H29NO6/c1-28-19-13-17(14-20(29-2)22(19)30-3)15-25-21(26)16-31-23(27)24(11-7-8-12-24)18-9-5-4-6-10-18/h4-6,9-10,13-14H,7-8,11-12,15-16H2,1-3H3,(H,25,26). The van der Waals surface area contributed by atoms with Crippen LogP contribution in [0.4, 0.5) is 0 Å². The van der Waals surface area contributed by atoms with Gasteiger partial charge in [-0.3, -0.25) is 9.59 Å². The van der Waals surface area contributed by atoms with E-state index in [0.29, 0.717) is 17.2 Å². The molecular weight excluding hydrogens is 398 g/mol. The van der Waals surface area contributed by atoms with E-state index in [1.54, 1.807) is 12.1 Å². The van der Waals surface area contributed by atoms with E-state index in [2.05, 4.69) is 5.32 Å². The van der Waals surface area contributed by atoms with Gasteiger partial charge in [0.05, 0.1) is 26.7 Å². The first-order valence-corrected chi connectivity index (χ1v) is 10.3. The lowest BCUT2D eigenvalue weighted by Crippen LogP contribution is -2.37. The number of hydrogen-bond donors (Lipinski definition) is 1. The van der Waals surface area contributed by atoms with E-state index in [1.165, 1.54) is 21.3 Å². The number of rotatable bonds is 9. The second-order valence-electron chi connectivity index (χ2n) is 7.54. The molecule has 0 unspecified atom stereocenters. The van der Waals surface area contributed by atoms with Crippen LogP contribution in [0, 0.1) is 0 Å². The Labute approximate surface area is 182 Å². The molecule has 166 valence electrons. The molecule has 1 fully saturated rings. The molecule has 0 saturated heterocycles. The number of nitrogens with one attached hydrogen (secondary N) is 1. The lowest BCUT2D eigenvalue weighted by molar-refractivity contribution is -0.154. The Kier molecular flexibility index (Phi) is 7.39.